The Hall–Kier alpha value is -2.42. The molecule has 1 aromatic carbocycles. The predicted molar refractivity (Wildman–Crippen MR) is 73.0 cm³/mol. The lowest BCUT2D eigenvalue weighted by Gasteiger charge is -2.00. The molecule has 2 N–H and O–H groups in total. The van der Waals surface area contributed by atoms with Gasteiger partial charge in [0.25, 0.3) is 11.1 Å². The predicted octanol–water partition coefficient (Wildman–Crippen LogP) is 1.42. The van der Waals surface area contributed by atoms with Crippen LogP contribution in [0.1, 0.15) is 0 Å². The second-order valence-corrected chi connectivity index (χ2v) is 4.70. The van der Waals surface area contributed by atoms with E-state index in [0.717, 1.165) is 11.8 Å². The van der Waals surface area contributed by atoms with Gasteiger partial charge in [-0.2, -0.15) is 0 Å². The SMILES string of the molecule is CNC(=O)NC(=O)CSc1nnc(-c2ccccc2F)o1. The van der Waals surface area contributed by atoms with Crippen LogP contribution in [-0.2, 0) is 4.79 Å². The van der Waals surface area contributed by atoms with Crippen LogP contribution < -0.4 is 10.6 Å². The molecular weight excluding hydrogens is 299 g/mol. The van der Waals surface area contributed by atoms with E-state index in [1.807, 2.05) is 0 Å². The van der Waals surface area contributed by atoms with Gasteiger partial charge in [-0.05, 0) is 12.1 Å². The molecule has 0 aliphatic heterocycles. The molecule has 9 heteroatoms. The molecule has 0 aliphatic carbocycles. The van der Waals surface area contributed by atoms with Crippen molar-refractivity contribution in [3.63, 3.8) is 0 Å². The van der Waals surface area contributed by atoms with E-state index >= 15 is 0 Å². The average Bonchev–Trinajstić information content (AvgIpc) is 2.94. The van der Waals surface area contributed by atoms with Crippen molar-refractivity contribution in [2.45, 2.75) is 5.22 Å². The Kier molecular flexibility index (Phi) is 4.88. The number of hydrogen-bond acceptors (Lipinski definition) is 6. The molecule has 2 aromatic rings. The van der Waals surface area contributed by atoms with Gasteiger partial charge in [0.05, 0.1) is 11.3 Å². The number of benzene rings is 1. The van der Waals surface area contributed by atoms with Crippen molar-refractivity contribution in [1.29, 1.82) is 0 Å². The molecule has 110 valence electrons. The second kappa shape index (κ2) is 6.84. The Morgan fingerprint density at radius 2 is 2.10 bits per heavy atom. The minimum absolute atomic E-state index is 0.0299. The summed E-state index contributed by atoms with van der Waals surface area (Å²) in [4.78, 5) is 22.3. The summed E-state index contributed by atoms with van der Waals surface area (Å²) in [6.45, 7) is 0. The fraction of sp³-hybridized carbons (Fsp3) is 0.167. The summed E-state index contributed by atoms with van der Waals surface area (Å²) in [7, 11) is 1.40. The summed E-state index contributed by atoms with van der Waals surface area (Å²) in [5, 5.41) is 11.9. The number of urea groups is 1. The number of amides is 3. The zero-order valence-corrected chi connectivity index (χ0v) is 11.7. The Balaban J connectivity index is 1.97. The molecule has 3 amide bonds. The van der Waals surface area contributed by atoms with Crippen molar-refractivity contribution in [1.82, 2.24) is 20.8 Å². The largest absolute Gasteiger partial charge is 0.411 e. The molecule has 0 spiro atoms. The fourth-order valence-electron chi connectivity index (χ4n) is 1.36. The molecule has 1 heterocycles. The van der Waals surface area contributed by atoms with E-state index in [2.05, 4.69) is 20.8 Å². The van der Waals surface area contributed by atoms with E-state index in [-0.39, 0.29) is 22.4 Å². The summed E-state index contributed by atoms with van der Waals surface area (Å²) in [6.07, 6.45) is 0. The molecule has 0 atom stereocenters. The number of rotatable bonds is 4. The highest BCUT2D eigenvalue weighted by atomic mass is 32.2. The van der Waals surface area contributed by atoms with Crippen LogP contribution >= 0.6 is 11.8 Å². The maximum absolute atomic E-state index is 13.5. The van der Waals surface area contributed by atoms with Gasteiger partial charge >= 0.3 is 6.03 Å². The van der Waals surface area contributed by atoms with Gasteiger partial charge in [0.2, 0.25) is 5.91 Å². The first-order chi connectivity index (χ1) is 10.1. The number of aromatic nitrogens is 2. The zero-order valence-electron chi connectivity index (χ0n) is 10.9. The topological polar surface area (TPSA) is 97.1 Å². The highest BCUT2D eigenvalue weighted by Crippen LogP contribution is 2.24. The standard InChI is InChI=1S/C12H11FN4O3S/c1-14-11(19)15-9(18)6-21-12-17-16-10(20-12)7-4-2-3-5-8(7)13/h2-5H,6H2,1H3,(H2,14,15,18,19). The lowest BCUT2D eigenvalue weighted by Crippen LogP contribution is -2.38. The maximum atomic E-state index is 13.5. The first kappa shape index (κ1) is 15.0. The van der Waals surface area contributed by atoms with Crippen molar-refractivity contribution in [2.75, 3.05) is 12.8 Å². The molecular formula is C12H11FN4O3S. The summed E-state index contributed by atoms with van der Waals surface area (Å²) >= 11 is 0.948. The van der Waals surface area contributed by atoms with Gasteiger partial charge in [-0.3, -0.25) is 10.1 Å². The fourth-order valence-corrected chi connectivity index (χ4v) is 1.93. The van der Waals surface area contributed by atoms with E-state index in [0.29, 0.717) is 0 Å². The van der Waals surface area contributed by atoms with Crippen molar-refractivity contribution in [3.8, 4) is 11.5 Å². The van der Waals surface area contributed by atoms with Crippen molar-refractivity contribution >= 4 is 23.7 Å². The minimum atomic E-state index is -0.599. The number of carbonyl (C=O) groups is 2. The van der Waals surface area contributed by atoms with Crippen molar-refractivity contribution in [2.24, 2.45) is 0 Å². The maximum Gasteiger partial charge on any atom is 0.321 e. The third kappa shape index (κ3) is 4.02. The number of nitrogens with zero attached hydrogens (tertiary/aromatic N) is 2. The third-order valence-electron chi connectivity index (χ3n) is 2.32. The van der Waals surface area contributed by atoms with Crippen LogP contribution in [-0.4, -0.2) is 34.9 Å². The van der Waals surface area contributed by atoms with Gasteiger partial charge in [-0.25, -0.2) is 9.18 Å². The molecule has 2 rings (SSSR count). The van der Waals surface area contributed by atoms with Crippen LogP contribution in [0, 0.1) is 5.82 Å². The normalized spacial score (nSPS) is 10.2. The average molecular weight is 310 g/mol. The number of halogens is 1. The van der Waals surface area contributed by atoms with Crippen LogP contribution in [0.2, 0.25) is 0 Å². The van der Waals surface area contributed by atoms with E-state index < -0.39 is 17.8 Å². The monoisotopic (exact) mass is 310 g/mol. The number of nitrogens with one attached hydrogen (secondary N) is 2. The van der Waals surface area contributed by atoms with Crippen molar-refractivity contribution in [3.05, 3.63) is 30.1 Å². The molecule has 0 fully saturated rings. The molecule has 0 saturated heterocycles. The van der Waals surface area contributed by atoms with E-state index in [9.17, 15) is 14.0 Å². The summed E-state index contributed by atoms with van der Waals surface area (Å²) in [5.41, 5.74) is 0.187. The Morgan fingerprint density at radius 1 is 1.33 bits per heavy atom. The smallest absolute Gasteiger partial charge is 0.321 e. The highest BCUT2D eigenvalue weighted by molar-refractivity contribution is 7.99. The number of hydrogen-bond donors (Lipinski definition) is 2. The molecule has 0 radical (unpaired) electrons. The lowest BCUT2D eigenvalue weighted by molar-refractivity contribution is -0.117. The molecule has 1 aromatic heterocycles. The zero-order chi connectivity index (χ0) is 15.2. The van der Waals surface area contributed by atoms with Gasteiger partial charge in [-0.15, -0.1) is 10.2 Å². The Labute approximate surface area is 123 Å². The Bertz CT molecular complexity index is 661. The van der Waals surface area contributed by atoms with Gasteiger partial charge in [0, 0.05) is 7.05 Å². The molecule has 0 bridgehead atoms. The molecule has 21 heavy (non-hydrogen) atoms. The summed E-state index contributed by atoms with van der Waals surface area (Å²) < 4.78 is 18.8. The first-order valence-corrected chi connectivity index (χ1v) is 6.81. The van der Waals surface area contributed by atoms with Crippen molar-refractivity contribution < 1.29 is 18.4 Å². The third-order valence-corrected chi connectivity index (χ3v) is 3.14. The van der Waals surface area contributed by atoms with Crippen LogP contribution in [0.3, 0.4) is 0 Å². The first-order valence-electron chi connectivity index (χ1n) is 5.83. The van der Waals surface area contributed by atoms with Crippen LogP contribution in [0.4, 0.5) is 9.18 Å². The Morgan fingerprint density at radius 3 is 2.81 bits per heavy atom. The highest BCUT2D eigenvalue weighted by Gasteiger charge is 2.14. The van der Waals surface area contributed by atoms with Gasteiger partial charge in [0.15, 0.2) is 0 Å². The second-order valence-electron chi connectivity index (χ2n) is 3.77. The van der Waals surface area contributed by atoms with Gasteiger partial charge in [0.1, 0.15) is 5.82 Å². The van der Waals surface area contributed by atoms with E-state index in [4.69, 9.17) is 4.42 Å². The minimum Gasteiger partial charge on any atom is -0.411 e. The van der Waals surface area contributed by atoms with Crippen LogP contribution in [0.25, 0.3) is 11.5 Å². The summed E-state index contributed by atoms with van der Waals surface area (Å²) in [5.74, 6) is -1.03. The molecule has 7 nitrogen and oxygen atoms in total. The van der Waals surface area contributed by atoms with Crippen LogP contribution in [0.5, 0.6) is 0 Å². The number of imide groups is 1. The molecule has 0 saturated carbocycles. The number of carbonyl (C=O) groups excluding carboxylic acids is 2. The van der Waals surface area contributed by atoms with Gasteiger partial charge in [-0.1, -0.05) is 23.9 Å². The lowest BCUT2D eigenvalue weighted by atomic mass is 10.2. The number of thioether (sulfide) groups is 1. The van der Waals surface area contributed by atoms with E-state index in [1.165, 1.54) is 19.2 Å². The molecule has 0 aliphatic rings. The quantitative estimate of drug-likeness (QED) is 0.829. The van der Waals surface area contributed by atoms with Gasteiger partial charge < -0.3 is 9.73 Å². The molecule has 0 unspecified atom stereocenters. The van der Waals surface area contributed by atoms with Crippen LogP contribution in [0.15, 0.2) is 33.9 Å². The summed E-state index contributed by atoms with van der Waals surface area (Å²) in [6, 6.07) is 5.39. The van der Waals surface area contributed by atoms with E-state index in [1.54, 1.807) is 12.1 Å².